The molecule has 2 heterocycles. The van der Waals surface area contributed by atoms with Crippen LogP contribution >= 0.6 is 22.9 Å². The summed E-state index contributed by atoms with van der Waals surface area (Å²) in [5, 5.41) is 8.56. The topological polar surface area (TPSA) is 87.5 Å². The van der Waals surface area contributed by atoms with E-state index in [0.717, 1.165) is 17.0 Å². The number of hydrogen-bond acceptors (Lipinski definition) is 4. The van der Waals surface area contributed by atoms with Crippen molar-refractivity contribution in [3.63, 3.8) is 0 Å². The fraction of sp³-hybridized carbons (Fsp3) is 0.333. The first-order valence-corrected chi connectivity index (χ1v) is 9.65. The van der Waals surface area contributed by atoms with Crippen LogP contribution in [0, 0.1) is 0 Å². The predicted octanol–water partition coefficient (Wildman–Crippen LogP) is 2.67. The first kappa shape index (κ1) is 18.7. The molecular formula is C18H21ClN4O2S. The Morgan fingerprint density at radius 2 is 2.23 bits per heavy atom. The highest BCUT2D eigenvalue weighted by Gasteiger charge is 2.30. The molecule has 0 radical (unpaired) electrons. The molecule has 2 unspecified atom stereocenters. The van der Waals surface area contributed by atoms with Gasteiger partial charge in [0.05, 0.1) is 18.5 Å². The quantitative estimate of drug-likeness (QED) is 0.731. The van der Waals surface area contributed by atoms with Crippen molar-refractivity contribution >= 4 is 34.9 Å². The number of hydrogen-bond donors (Lipinski definition) is 3. The molecule has 0 aliphatic carbocycles. The zero-order valence-corrected chi connectivity index (χ0v) is 15.7. The summed E-state index contributed by atoms with van der Waals surface area (Å²) in [4.78, 5) is 27.1. The highest BCUT2D eigenvalue weighted by Crippen LogP contribution is 2.28. The summed E-state index contributed by atoms with van der Waals surface area (Å²) in [7, 11) is 0. The number of nitrogens with one attached hydrogen (secondary N) is 2. The van der Waals surface area contributed by atoms with Gasteiger partial charge in [0.25, 0.3) is 0 Å². The van der Waals surface area contributed by atoms with Crippen LogP contribution in [-0.4, -0.2) is 36.5 Å². The van der Waals surface area contributed by atoms with E-state index in [1.807, 2.05) is 46.7 Å². The van der Waals surface area contributed by atoms with E-state index in [1.165, 1.54) is 11.3 Å². The minimum Gasteiger partial charge on any atom is -0.352 e. The molecule has 26 heavy (non-hydrogen) atoms. The van der Waals surface area contributed by atoms with Crippen LogP contribution in [0.3, 0.4) is 0 Å². The molecule has 2 aromatic rings. The van der Waals surface area contributed by atoms with Crippen molar-refractivity contribution in [3.8, 4) is 0 Å². The molecule has 4 N–H and O–H groups in total. The van der Waals surface area contributed by atoms with Gasteiger partial charge < -0.3 is 21.3 Å². The molecule has 8 heteroatoms. The van der Waals surface area contributed by atoms with Gasteiger partial charge in [0.1, 0.15) is 0 Å². The average molecular weight is 393 g/mol. The molecule has 6 nitrogen and oxygen atoms in total. The third-order valence-electron chi connectivity index (χ3n) is 4.38. The molecule has 0 saturated carbocycles. The molecule has 138 valence electrons. The monoisotopic (exact) mass is 392 g/mol. The van der Waals surface area contributed by atoms with Crippen molar-refractivity contribution in [1.82, 2.24) is 15.5 Å². The number of rotatable bonds is 5. The Bertz CT molecular complexity index is 768. The lowest BCUT2D eigenvalue weighted by Crippen LogP contribution is -2.49. The van der Waals surface area contributed by atoms with Crippen LogP contribution in [0.25, 0.3) is 0 Å². The van der Waals surface area contributed by atoms with Crippen molar-refractivity contribution in [2.75, 3.05) is 19.6 Å². The molecule has 3 amide bonds. The highest BCUT2D eigenvalue weighted by atomic mass is 35.5. The summed E-state index contributed by atoms with van der Waals surface area (Å²) in [6.45, 7) is 2.00. The van der Waals surface area contributed by atoms with Crippen LogP contribution in [0.5, 0.6) is 0 Å². The summed E-state index contributed by atoms with van der Waals surface area (Å²) < 4.78 is 0. The van der Waals surface area contributed by atoms with Gasteiger partial charge in [-0.1, -0.05) is 29.8 Å². The fourth-order valence-corrected chi connectivity index (χ4v) is 4.17. The molecule has 0 spiro atoms. The second-order valence-electron chi connectivity index (χ2n) is 6.14. The van der Waals surface area contributed by atoms with E-state index in [9.17, 15) is 9.59 Å². The lowest BCUT2D eigenvalue weighted by atomic mass is 10.0. The van der Waals surface area contributed by atoms with E-state index >= 15 is 0 Å². The Morgan fingerprint density at radius 3 is 2.92 bits per heavy atom. The maximum Gasteiger partial charge on any atom is 0.312 e. The molecule has 2 atom stereocenters. The lowest BCUT2D eigenvalue weighted by Gasteiger charge is -2.37. The smallest absolute Gasteiger partial charge is 0.312 e. The standard InChI is InChI=1S/C18H21ClN4O2S/c19-13-4-1-3-12(9-13)15-11-21-6-7-23(15)17(24)10-14(22-18(20)25)16-5-2-8-26-16/h1-5,8-9,14-15,21H,6-7,10-11H2,(H3,20,22,25). The molecule has 1 aliphatic rings. The third kappa shape index (κ3) is 4.55. The Hall–Kier alpha value is -2.09. The van der Waals surface area contributed by atoms with E-state index in [0.29, 0.717) is 18.1 Å². The maximum absolute atomic E-state index is 13.0. The van der Waals surface area contributed by atoms with Crippen LogP contribution in [0.1, 0.15) is 28.9 Å². The van der Waals surface area contributed by atoms with E-state index in [-0.39, 0.29) is 18.4 Å². The number of amides is 3. The van der Waals surface area contributed by atoms with E-state index in [4.69, 9.17) is 17.3 Å². The van der Waals surface area contributed by atoms with Crippen molar-refractivity contribution in [3.05, 3.63) is 57.2 Å². The number of primary amides is 1. The first-order valence-electron chi connectivity index (χ1n) is 8.39. The van der Waals surface area contributed by atoms with Crippen LogP contribution in [0.15, 0.2) is 41.8 Å². The van der Waals surface area contributed by atoms with Crippen molar-refractivity contribution in [2.45, 2.75) is 18.5 Å². The largest absolute Gasteiger partial charge is 0.352 e. The van der Waals surface area contributed by atoms with Crippen LogP contribution in [0.2, 0.25) is 5.02 Å². The molecule has 1 aliphatic heterocycles. The number of carbonyl (C=O) groups is 2. The van der Waals surface area contributed by atoms with Crippen LogP contribution in [-0.2, 0) is 4.79 Å². The van der Waals surface area contributed by atoms with Gasteiger partial charge in [-0.05, 0) is 29.1 Å². The molecular weight excluding hydrogens is 372 g/mol. The predicted molar refractivity (Wildman–Crippen MR) is 103 cm³/mol. The molecule has 1 fully saturated rings. The van der Waals surface area contributed by atoms with Crippen molar-refractivity contribution in [1.29, 1.82) is 0 Å². The number of piperazine rings is 1. The van der Waals surface area contributed by atoms with Gasteiger partial charge in [0, 0.05) is 29.5 Å². The van der Waals surface area contributed by atoms with Gasteiger partial charge in [0.2, 0.25) is 5.91 Å². The number of urea groups is 1. The zero-order chi connectivity index (χ0) is 18.5. The fourth-order valence-electron chi connectivity index (χ4n) is 3.19. The van der Waals surface area contributed by atoms with Crippen molar-refractivity contribution in [2.24, 2.45) is 5.73 Å². The second kappa shape index (κ2) is 8.53. The summed E-state index contributed by atoms with van der Waals surface area (Å²) in [6, 6.07) is 10.2. The Kier molecular flexibility index (Phi) is 6.13. The number of halogens is 1. The first-order chi connectivity index (χ1) is 12.5. The van der Waals surface area contributed by atoms with E-state index in [1.54, 1.807) is 0 Å². The van der Waals surface area contributed by atoms with E-state index < -0.39 is 12.1 Å². The summed E-state index contributed by atoms with van der Waals surface area (Å²) in [5.74, 6) is -0.0244. The van der Waals surface area contributed by atoms with Crippen LogP contribution < -0.4 is 16.4 Å². The van der Waals surface area contributed by atoms with Gasteiger partial charge in [-0.15, -0.1) is 11.3 Å². The number of nitrogens with two attached hydrogens (primary N) is 1. The summed E-state index contributed by atoms with van der Waals surface area (Å²) in [5.41, 5.74) is 6.29. The van der Waals surface area contributed by atoms with Gasteiger partial charge in [-0.3, -0.25) is 4.79 Å². The normalized spacial score (nSPS) is 18.3. The van der Waals surface area contributed by atoms with Crippen molar-refractivity contribution < 1.29 is 9.59 Å². The van der Waals surface area contributed by atoms with E-state index in [2.05, 4.69) is 10.6 Å². The second-order valence-corrected chi connectivity index (χ2v) is 7.56. The number of benzene rings is 1. The Morgan fingerprint density at radius 1 is 1.38 bits per heavy atom. The average Bonchev–Trinajstić information content (AvgIpc) is 3.15. The summed E-state index contributed by atoms with van der Waals surface area (Å²) in [6.07, 6.45) is 0.167. The molecule has 0 bridgehead atoms. The highest BCUT2D eigenvalue weighted by molar-refractivity contribution is 7.10. The lowest BCUT2D eigenvalue weighted by molar-refractivity contribution is -0.135. The maximum atomic E-state index is 13.0. The Balaban J connectivity index is 1.78. The number of carbonyl (C=O) groups excluding carboxylic acids is 2. The third-order valence-corrected chi connectivity index (χ3v) is 5.60. The zero-order valence-electron chi connectivity index (χ0n) is 14.2. The van der Waals surface area contributed by atoms with Crippen LogP contribution in [0.4, 0.5) is 4.79 Å². The molecule has 1 aromatic carbocycles. The van der Waals surface area contributed by atoms with Gasteiger partial charge in [-0.25, -0.2) is 4.79 Å². The number of thiophene rings is 1. The minimum absolute atomic E-state index is 0.0244. The molecule has 1 aromatic heterocycles. The van der Waals surface area contributed by atoms with Gasteiger partial charge in [-0.2, -0.15) is 0 Å². The van der Waals surface area contributed by atoms with Gasteiger partial charge in [0.15, 0.2) is 0 Å². The van der Waals surface area contributed by atoms with Gasteiger partial charge >= 0.3 is 6.03 Å². The minimum atomic E-state index is -0.636. The SMILES string of the molecule is NC(=O)NC(CC(=O)N1CCNCC1c1cccc(Cl)c1)c1cccs1. The molecule has 3 rings (SSSR count). The molecule has 1 saturated heterocycles. The summed E-state index contributed by atoms with van der Waals surface area (Å²) >= 11 is 7.61. The number of nitrogens with zero attached hydrogens (tertiary/aromatic N) is 1. The Labute approximate surface area is 161 Å².